The van der Waals surface area contributed by atoms with Crippen LogP contribution in [0.4, 0.5) is 10.1 Å². The summed E-state index contributed by atoms with van der Waals surface area (Å²) in [5.74, 6) is -1.50. The van der Waals surface area contributed by atoms with Crippen LogP contribution < -0.4 is 10.1 Å². The van der Waals surface area contributed by atoms with Crippen molar-refractivity contribution in [3.8, 4) is 11.5 Å². The van der Waals surface area contributed by atoms with Gasteiger partial charge in [0.2, 0.25) is 0 Å². The lowest BCUT2D eigenvalue weighted by atomic mass is 10.1. The Labute approximate surface area is 130 Å². The number of carbonyl (C=O) groups is 1. The van der Waals surface area contributed by atoms with Crippen molar-refractivity contribution < 1.29 is 19.0 Å². The molecule has 4 nitrogen and oxygen atoms in total. The van der Waals surface area contributed by atoms with Crippen molar-refractivity contribution in [2.75, 3.05) is 12.4 Å². The Morgan fingerprint density at radius 3 is 2.48 bits per heavy atom. The zero-order valence-corrected chi connectivity index (χ0v) is 12.3. The van der Waals surface area contributed by atoms with Crippen LogP contribution in [0.2, 0.25) is 10.0 Å². The molecule has 0 aliphatic heterocycles. The SMILES string of the molecule is COc1cccc(C(=O)Nc2cc(Cl)c(F)c(Cl)c2)c1O. The summed E-state index contributed by atoms with van der Waals surface area (Å²) >= 11 is 11.3. The first kappa shape index (κ1) is 15.4. The summed E-state index contributed by atoms with van der Waals surface area (Å²) < 4.78 is 18.2. The smallest absolute Gasteiger partial charge is 0.259 e. The van der Waals surface area contributed by atoms with Gasteiger partial charge in [0.15, 0.2) is 17.3 Å². The van der Waals surface area contributed by atoms with Gasteiger partial charge in [-0.2, -0.15) is 0 Å². The van der Waals surface area contributed by atoms with Crippen LogP contribution in [0.15, 0.2) is 30.3 Å². The van der Waals surface area contributed by atoms with Gasteiger partial charge >= 0.3 is 0 Å². The highest BCUT2D eigenvalue weighted by Crippen LogP contribution is 2.31. The highest BCUT2D eigenvalue weighted by atomic mass is 35.5. The van der Waals surface area contributed by atoms with Gasteiger partial charge < -0.3 is 15.2 Å². The predicted octanol–water partition coefficient (Wildman–Crippen LogP) is 4.10. The molecule has 0 fully saturated rings. The number of amides is 1. The van der Waals surface area contributed by atoms with E-state index in [1.807, 2.05) is 0 Å². The molecule has 2 aromatic carbocycles. The van der Waals surface area contributed by atoms with Crippen molar-refractivity contribution in [3.05, 3.63) is 51.8 Å². The number of ether oxygens (including phenoxy) is 1. The third-order valence-electron chi connectivity index (χ3n) is 2.71. The van der Waals surface area contributed by atoms with Crippen LogP contribution in [0, 0.1) is 5.82 Å². The molecular formula is C14H10Cl2FNO3. The molecule has 0 aliphatic rings. The molecule has 0 aromatic heterocycles. The summed E-state index contributed by atoms with van der Waals surface area (Å²) in [4.78, 5) is 12.1. The van der Waals surface area contributed by atoms with Gasteiger partial charge in [0, 0.05) is 5.69 Å². The highest BCUT2D eigenvalue weighted by Gasteiger charge is 2.16. The fourth-order valence-electron chi connectivity index (χ4n) is 1.70. The van der Waals surface area contributed by atoms with Gasteiger partial charge in [0.05, 0.1) is 22.7 Å². The number of phenols is 1. The predicted molar refractivity (Wildman–Crippen MR) is 79.0 cm³/mol. The number of nitrogens with one attached hydrogen (secondary N) is 1. The maximum Gasteiger partial charge on any atom is 0.259 e. The minimum absolute atomic E-state index is 0.00548. The lowest BCUT2D eigenvalue weighted by molar-refractivity contribution is 0.102. The lowest BCUT2D eigenvalue weighted by Crippen LogP contribution is -2.12. The molecule has 1 amide bonds. The van der Waals surface area contributed by atoms with Crippen LogP contribution in [0.5, 0.6) is 11.5 Å². The van der Waals surface area contributed by atoms with Gasteiger partial charge in [-0.1, -0.05) is 29.3 Å². The fourth-order valence-corrected chi connectivity index (χ4v) is 2.18. The van der Waals surface area contributed by atoms with E-state index in [1.54, 1.807) is 6.07 Å². The zero-order valence-electron chi connectivity index (χ0n) is 10.8. The second-order valence-electron chi connectivity index (χ2n) is 4.06. The van der Waals surface area contributed by atoms with Gasteiger partial charge in [-0.25, -0.2) is 4.39 Å². The number of hydrogen-bond acceptors (Lipinski definition) is 3. The first-order valence-electron chi connectivity index (χ1n) is 5.76. The number of benzene rings is 2. The van der Waals surface area contributed by atoms with Crippen LogP contribution in [0.3, 0.4) is 0 Å². The maximum atomic E-state index is 13.3. The number of rotatable bonds is 3. The number of halogens is 3. The lowest BCUT2D eigenvalue weighted by Gasteiger charge is -2.10. The Bertz CT molecular complexity index is 684. The first-order chi connectivity index (χ1) is 9.93. The van der Waals surface area contributed by atoms with Crippen molar-refractivity contribution >= 4 is 34.8 Å². The normalized spacial score (nSPS) is 10.3. The Morgan fingerprint density at radius 1 is 1.29 bits per heavy atom. The van der Waals surface area contributed by atoms with Crippen molar-refractivity contribution in [2.24, 2.45) is 0 Å². The Morgan fingerprint density at radius 2 is 1.90 bits per heavy atom. The molecule has 0 heterocycles. The number of para-hydroxylation sites is 1. The minimum Gasteiger partial charge on any atom is -0.504 e. The first-order valence-corrected chi connectivity index (χ1v) is 6.51. The molecule has 0 aliphatic carbocycles. The fraction of sp³-hybridized carbons (Fsp3) is 0.0714. The van der Waals surface area contributed by atoms with Gasteiger partial charge in [0.25, 0.3) is 5.91 Å². The van der Waals surface area contributed by atoms with E-state index in [0.29, 0.717) is 0 Å². The van der Waals surface area contributed by atoms with E-state index >= 15 is 0 Å². The van der Waals surface area contributed by atoms with E-state index in [4.69, 9.17) is 27.9 Å². The van der Waals surface area contributed by atoms with Crippen molar-refractivity contribution in [1.29, 1.82) is 0 Å². The van der Waals surface area contributed by atoms with E-state index in [1.165, 1.54) is 31.4 Å². The summed E-state index contributed by atoms with van der Waals surface area (Å²) in [5.41, 5.74) is 0.213. The van der Waals surface area contributed by atoms with Crippen LogP contribution in [0.1, 0.15) is 10.4 Å². The van der Waals surface area contributed by atoms with Gasteiger partial charge in [0.1, 0.15) is 0 Å². The number of methoxy groups -OCH3 is 1. The largest absolute Gasteiger partial charge is 0.504 e. The van der Waals surface area contributed by atoms with E-state index in [-0.39, 0.29) is 32.8 Å². The molecule has 0 saturated carbocycles. The van der Waals surface area contributed by atoms with E-state index in [9.17, 15) is 14.3 Å². The molecule has 2 aromatic rings. The number of anilines is 1. The monoisotopic (exact) mass is 329 g/mol. The summed E-state index contributed by atoms with van der Waals surface area (Å²) in [5, 5.41) is 11.9. The molecule has 0 atom stereocenters. The summed E-state index contributed by atoms with van der Waals surface area (Å²) in [6, 6.07) is 6.92. The van der Waals surface area contributed by atoms with E-state index < -0.39 is 11.7 Å². The Hall–Kier alpha value is -1.98. The molecule has 21 heavy (non-hydrogen) atoms. The van der Waals surface area contributed by atoms with Crippen LogP contribution in [-0.4, -0.2) is 18.1 Å². The highest BCUT2D eigenvalue weighted by molar-refractivity contribution is 6.35. The third kappa shape index (κ3) is 3.20. The van der Waals surface area contributed by atoms with Crippen LogP contribution in [-0.2, 0) is 0 Å². The standard InChI is InChI=1S/C14H10Cl2FNO3/c1-21-11-4-2-3-8(13(11)19)14(20)18-7-5-9(15)12(17)10(16)6-7/h2-6,19H,1H3,(H,18,20). The van der Waals surface area contributed by atoms with Gasteiger partial charge in [-0.05, 0) is 24.3 Å². The molecule has 0 bridgehead atoms. The summed E-state index contributed by atoms with van der Waals surface area (Å²) in [6.45, 7) is 0. The third-order valence-corrected chi connectivity index (χ3v) is 3.26. The Balaban J connectivity index is 2.30. The molecule has 110 valence electrons. The second-order valence-corrected chi connectivity index (χ2v) is 4.88. The van der Waals surface area contributed by atoms with Gasteiger partial charge in [-0.15, -0.1) is 0 Å². The number of aromatic hydroxyl groups is 1. The van der Waals surface area contributed by atoms with Gasteiger partial charge in [-0.3, -0.25) is 4.79 Å². The minimum atomic E-state index is -0.763. The number of carbonyl (C=O) groups excluding carboxylic acids is 1. The average Bonchev–Trinajstić information content (AvgIpc) is 2.44. The maximum absolute atomic E-state index is 13.3. The topological polar surface area (TPSA) is 58.6 Å². The number of hydrogen-bond donors (Lipinski definition) is 2. The molecule has 0 saturated heterocycles. The molecule has 0 radical (unpaired) electrons. The molecule has 2 rings (SSSR count). The Kier molecular flexibility index (Phi) is 4.55. The van der Waals surface area contributed by atoms with E-state index in [0.717, 1.165) is 0 Å². The van der Waals surface area contributed by atoms with Crippen molar-refractivity contribution in [2.45, 2.75) is 0 Å². The molecule has 0 unspecified atom stereocenters. The molecule has 2 N–H and O–H groups in total. The summed E-state index contributed by atoms with van der Waals surface area (Å²) in [6.07, 6.45) is 0. The quantitative estimate of drug-likeness (QED) is 0.833. The van der Waals surface area contributed by atoms with Crippen LogP contribution in [0.25, 0.3) is 0 Å². The van der Waals surface area contributed by atoms with E-state index in [2.05, 4.69) is 5.32 Å². The molecule has 0 spiro atoms. The average molecular weight is 330 g/mol. The van der Waals surface area contributed by atoms with Crippen molar-refractivity contribution in [1.82, 2.24) is 0 Å². The molecular weight excluding hydrogens is 320 g/mol. The number of phenolic OH excluding ortho intramolecular Hbond substituents is 1. The van der Waals surface area contributed by atoms with Crippen LogP contribution >= 0.6 is 23.2 Å². The zero-order chi connectivity index (χ0) is 15.6. The van der Waals surface area contributed by atoms with Crippen molar-refractivity contribution in [3.63, 3.8) is 0 Å². The summed E-state index contributed by atoms with van der Waals surface area (Å²) in [7, 11) is 1.37. The molecule has 7 heteroatoms. The second kappa shape index (κ2) is 6.20.